The van der Waals surface area contributed by atoms with Gasteiger partial charge in [-0.2, -0.15) is 0 Å². The van der Waals surface area contributed by atoms with E-state index in [1.54, 1.807) is 0 Å². The summed E-state index contributed by atoms with van der Waals surface area (Å²) in [6.07, 6.45) is 5.37. The van der Waals surface area contributed by atoms with Crippen LogP contribution in [0.4, 0.5) is 17.1 Å². The molecular weight excluding hydrogens is 362 g/mol. The Morgan fingerprint density at radius 2 is 1.34 bits per heavy atom. The summed E-state index contributed by atoms with van der Waals surface area (Å²) in [5.41, 5.74) is 4.02. The number of nitrogens with zero attached hydrogens (tertiary/aromatic N) is 1. The van der Waals surface area contributed by atoms with Gasteiger partial charge in [0.15, 0.2) is 0 Å². The Morgan fingerprint density at radius 1 is 0.828 bits per heavy atom. The smallest absolute Gasteiger partial charge is 0.228 e. The third kappa shape index (κ3) is 4.78. The highest BCUT2D eigenvalue weighted by atomic mass is 16.2. The minimum Gasteiger partial charge on any atom is -0.372 e. The summed E-state index contributed by atoms with van der Waals surface area (Å²) in [5, 5.41) is 5.88. The van der Waals surface area contributed by atoms with Crippen molar-refractivity contribution in [2.24, 2.45) is 11.8 Å². The van der Waals surface area contributed by atoms with Crippen LogP contribution in [0.1, 0.15) is 38.2 Å². The topological polar surface area (TPSA) is 61.4 Å². The van der Waals surface area contributed by atoms with E-state index in [-0.39, 0.29) is 23.7 Å². The molecule has 2 atom stereocenters. The molecule has 2 aromatic carbocycles. The van der Waals surface area contributed by atoms with Gasteiger partial charge in [0, 0.05) is 30.2 Å². The molecule has 0 spiro atoms. The number of rotatable bonds is 6. The van der Waals surface area contributed by atoms with Crippen molar-refractivity contribution in [1.29, 1.82) is 0 Å². The first-order chi connectivity index (χ1) is 14.1. The highest BCUT2D eigenvalue weighted by molar-refractivity contribution is 6.03. The molecule has 2 unspecified atom stereocenters. The lowest BCUT2D eigenvalue weighted by Crippen LogP contribution is -2.29. The summed E-state index contributed by atoms with van der Waals surface area (Å²) in [7, 11) is 0. The second kappa shape index (κ2) is 8.68. The number of hydrogen-bond donors (Lipinski definition) is 2. The van der Waals surface area contributed by atoms with Gasteiger partial charge in [0.2, 0.25) is 11.8 Å². The minimum absolute atomic E-state index is 0.0720. The number of nitrogens with one attached hydrogen (secondary N) is 2. The number of anilines is 3. The third-order valence-corrected chi connectivity index (χ3v) is 5.95. The van der Waals surface area contributed by atoms with Gasteiger partial charge in [-0.25, -0.2) is 0 Å². The Labute approximate surface area is 172 Å². The van der Waals surface area contributed by atoms with Gasteiger partial charge in [0.25, 0.3) is 0 Å². The van der Waals surface area contributed by atoms with Crippen LogP contribution < -0.4 is 15.5 Å². The van der Waals surface area contributed by atoms with Crippen LogP contribution in [0.25, 0.3) is 0 Å². The molecule has 1 aliphatic heterocycles. The molecule has 2 amide bonds. The highest BCUT2D eigenvalue weighted by Crippen LogP contribution is 2.40. The second-order valence-corrected chi connectivity index (χ2v) is 8.07. The summed E-state index contributed by atoms with van der Waals surface area (Å²) in [6.45, 7) is 4.31. The Morgan fingerprint density at radius 3 is 1.86 bits per heavy atom. The minimum atomic E-state index is -0.244. The normalized spacial score (nSPS) is 20.8. The van der Waals surface area contributed by atoms with Crippen LogP contribution in [-0.2, 0) is 16.0 Å². The molecule has 2 N–H and O–H groups in total. The van der Waals surface area contributed by atoms with Crippen LogP contribution in [0, 0.1) is 11.8 Å². The predicted molar refractivity (Wildman–Crippen MR) is 117 cm³/mol. The van der Waals surface area contributed by atoms with E-state index in [4.69, 9.17) is 0 Å². The molecule has 152 valence electrons. The maximum absolute atomic E-state index is 12.5. The van der Waals surface area contributed by atoms with Crippen LogP contribution in [0.3, 0.4) is 0 Å². The van der Waals surface area contributed by atoms with Crippen molar-refractivity contribution in [3.05, 3.63) is 54.1 Å². The van der Waals surface area contributed by atoms with Gasteiger partial charge in [0.05, 0.1) is 11.8 Å². The molecular formula is C24H29N3O2. The standard InChI is InChI=1S/C24H29N3O2/c1-2-17-6-8-18(9-7-17)25-23(28)21-16-22(21)24(29)26-19-10-12-20(13-11-19)27-14-4-3-5-15-27/h6-13,21-22H,2-5,14-16H2,1H3,(H,25,28)(H,26,29). The molecule has 2 fully saturated rings. The third-order valence-electron chi connectivity index (χ3n) is 5.95. The van der Waals surface area contributed by atoms with Crippen molar-refractivity contribution >= 4 is 28.9 Å². The average molecular weight is 392 g/mol. The molecule has 2 aliphatic rings. The van der Waals surface area contributed by atoms with E-state index >= 15 is 0 Å². The van der Waals surface area contributed by atoms with Gasteiger partial charge in [-0.05, 0) is 74.1 Å². The molecule has 0 aromatic heterocycles. The van der Waals surface area contributed by atoms with Gasteiger partial charge in [-0.1, -0.05) is 19.1 Å². The molecule has 29 heavy (non-hydrogen) atoms. The second-order valence-electron chi connectivity index (χ2n) is 8.07. The fourth-order valence-electron chi connectivity index (χ4n) is 3.98. The molecule has 5 nitrogen and oxygen atoms in total. The lowest BCUT2D eigenvalue weighted by atomic mass is 10.1. The van der Waals surface area contributed by atoms with Crippen molar-refractivity contribution < 1.29 is 9.59 Å². The zero-order chi connectivity index (χ0) is 20.2. The lowest BCUT2D eigenvalue weighted by molar-refractivity contribution is -0.122. The van der Waals surface area contributed by atoms with Crippen molar-refractivity contribution in [2.75, 3.05) is 28.6 Å². The van der Waals surface area contributed by atoms with Crippen LogP contribution in [0.5, 0.6) is 0 Å². The van der Waals surface area contributed by atoms with E-state index in [2.05, 4.69) is 34.6 Å². The monoisotopic (exact) mass is 391 g/mol. The van der Waals surface area contributed by atoms with Crippen LogP contribution in [0.2, 0.25) is 0 Å². The van der Waals surface area contributed by atoms with Crippen LogP contribution in [0.15, 0.2) is 48.5 Å². The van der Waals surface area contributed by atoms with Gasteiger partial charge in [-0.3, -0.25) is 9.59 Å². The van der Waals surface area contributed by atoms with Crippen molar-refractivity contribution in [1.82, 2.24) is 0 Å². The fourth-order valence-corrected chi connectivity index (χ4v) is 3.98. The maximum Gasteiger partial charge on any atom is 0.228 e. The number of carbonyl (C=O) groups is 2. The number of piperidine rings is 1. The Bertz CT molecular complexity index is 855. The zero-order valence-electron chi connectivity index (χ0n) is 17.0. The van der Waals surface area contributed by atoms with E-state index in [0.717, 1.165) is 30.9 Å². The lowest BCUT2D eigenvalue weighted by Gasteiger charge is -2.28. The predicted octanol–water partition coefficient (Wildman–Crippen LogP) is 4.45. The summed E-state index contributed by atoms with van der Waals surface area (Å²) < 4.78 is 0. The molecule has 1 aliphatic carbocycles. The zero-order valence-corrected chi connectivity index (χ0v) is 17.0. The van der Waals surface area contributed by atoms with Crippen molar-refractivity contribution in [2.45, 2.75) is 39.0 Å². The molecule has 4 rings (SSSR count). The molecule has 2 aromatic rings. The number of hydrogen-bond acceptors (Lipinski definition) is 3. The summed E-state index contributed by atoms with van der Waals surface area (Å²) in [5.74, 6) is -0.632. The molecule has 0 radical (unpaired) electrons. The van der Waals surface area contributed by atoms with E-state index in [9.17, 15) is 9.59 Å². The van der Waals surface area contributed by atoms with E-state index in [1.807, 2.05) is 36.4 Å². The maximum atomic E-state index is 12.5. The average Bonchev–Trinajstić information content (AvgIpc) is 3.57. The van der Waals surface area contributed by atoms with E-state index in [1.165, 1.54) is 30.5 Å². The van der Waals surface area contributed by atoms with Gasteiger partial charge < -0.3 is 15.5 Å². The summed E-state index contributed by atoms with van der Waals surface area (Å²) >= 11 is 0. The molecule has 1 saturated carbocycles. The fraction of sp³-hybridized carbons (Fsp3) is 0.417. The van der Waals surface area contributed by atoms with Gasteiger partial charge in [-0.15, -0.1) is 0 Å². The van der Waals surface area contributed by atoms with Gasteiger partial charge in [0.1, 0.15) is 0 Å². The van der Waals surface area contributed by atoms with E-state index < -0.39 is 0 Å². The van der Waals surface area contributed by atoms with Crippen LogP contribution >= 0.6 is 0 Å². The summed E-state index contributed by atoms with van der Waals surface area (Å²) in [4.78, 5) is 27.3. The van der Waals surface area contributed by atoms with Crippen molar-refractivity contribution in [3.63, 3.8) is 0 Å². The quantitative estimate of drug-likeness (QED) is 0.765. The SMILES string of the molecule is CCc1ccc(NC(=O)C2CC2C(=O)Nc2ccc(N3CCCCC3)cc2)cc1. The number of carbonyl (C=O) groups excluding carboxylic acids is 2. The molecule has 1 heterocycles. The van der Waals surface area contributed by atoms with Crippen LogP contribution in [-0.4, -0.2) is 24.9 Å². The largest absolute Gasteiger partial charge is 0.372 e. The summed E-state index contributed by atoms with van der Waals surface area (Å²) in [6, 6.07) is 15.9. The Balaban J connectivity index is 1.27. The molecule has 1 saturated heterocycles. The number of benzene rings is 2. The highest BCUT2D eigenvalue weighted by Gasteiger charge is 2.48. The molecule has 5 heteroatoms. The number of aryl methyl sites for hydroxylation is 1. The first kappa shape index (κ1) is 19.5. The van der Waals surface area contributed by atoms with Crippen molar-refractivity contribution in [3.8, 4) is 0 Å². The molecule has 0 bridgehead atoms. The van der Waals surface area contributed by atoms with Gasteiger partial charge >= 0.3 is 0 Å². The Kier molecular flexibility index (Phi) is 5.84. The van der Waals surface area contributed by atoms with E-state index in [0.29, 0.717) is 6.42 Å². The number of amides is 2. The first-order valence-electron chi connectivity index (χ1n) is 10.7. The Hall–Kier alpha value is -2.82. The first-order valence-corrected chi connectivity index (χ1v) is 10.7.